The number of rotatable bonds is 10. The van der Waals surface area contributed by atoms with Gasteiger partial charge in [-0.15, -0.1) is 13.2 Å². The van der Waals surface area contributed by atoms with Crippen LogP contribution in [0.15, 0.2) is 49.9 Å². The second-order valence-corrected chi connectivity index (χ2v) is 2.86. The summed E-state index contributed by atoms with van der Waals surface area (Å²) in [4.78, 5) is 0. The van der Waals surface area contributed by atoms with Gasteiger partial charge in [0.1, 0.15) is 0 Å². The first-order valence-corrected chi connectivity index (χ1v) is 5.11. The van der Waals surface area contributed by atoms with E-state index in [0.717, 1.165) is 26.2 Å². The Bertz CT molecular complexity index is 185. The molecule has 0 fully saturated rings. The van der Waals surface area contributed by atoms with E-state index in [-0.39, 0.29) is 0 Å². The molecule has 0 bridgehead atoms. The normalized spacial score (nSPS) is 10.7. The minimum absolute atomic E-state index is 0.807. The Balaban J connectivity index is 3.16. The Kier molecular flexibility index (Phi) is 11.3. The average Bonchev–Trinajstić information content (AvgIpc) is 2.26. The van der Waals surface area contributed by atoms with Crippen LogP contribution in [0, 0.1) is 0 Å². The van der Waals surface area contributed by atoms with Crippen LogP contribution in [0.25, 0.3) is 0 Å². The van der Waals surface area contributed by atoms with Gasteiger partial charge >= 0.3 is 0 Å². The zero-order valence-electron chi connectivity index (χ0n) is 9.21. The van der Waals surface area contributed by atoms with Crippen LogP contribution in [0.5, 0.6) is 0 Å². The molecule has 3 N–H and O–H groups in total. The lowest BCUT2D eigenvalue weighted by atomic mass is 10.5. The van der Waals surface area contributed by atoms with E-state index in [1.807, 2.05) is 36.7 Å². The minimum atomic E-state index is 0.807. The van der Waals surface area contributed by atoms with Gasteiger partial charge in [0.15, 0.2) is 0 Å². The van der Waals surface area contributed by atoms with Gasteiger partial charge in [-0.1, -0.05) is 24.3 Å². The highest BCUT2D eigenvalue weighted by atomic mass is 14.9. The summed E-state index contributed by atoms with van der Waals surface area (Å²) >= 11 is 0. The van der Waals surface area contributed by atoms with Crippen LogP contribution in [-0.4, -0.2) is 26.2 Å². The van der Waals surface area contributed by atoms with E-state index < -0.39 is 0 Å². The topological polar surface area (TPSA) is 36.1 Å². The number of nitrogens with one attached hydrogen (secondary N) is 3. The fourth-order valence-corrected chi connectivity index (χ4v) is 0.837. The first kappa shape index (κ1) is 13.5. The van der Waals surface area contributed by atoms with Crippen LogP contribution < -0.4 is 16.0 Å². The summed E-state index contributed by atoms with van der Waals surface area (Å²) in [5.41, 5.74) is 0. The second-order valence-electron chi connectivity index (χ2n) is 2.86. The van der Waals surface area contributed by atoms with Crippen molar-refractivity contribution in [3.05, 3.63) is 49.9 Å². The largest absolute Gasteiger partial charge is 0.388 e. The standard InChI is InChI=1S/C12H21N3/c1-3-7-13-9-5-11-15-12-6-10-14-8-4-2/h3-6,9-10,13-15H,1-2,7-8,11-12H2. The molecule has 0 aliphatic carbocycles. The lowest BCUT2D eigenvalue weighted by molar-refractivity contribution is 0.829. The van der Waals surface area contributed by atoms with Crippen molar-refractivity contribution in [2.75, 3.05) is 26.2 Å². The van der Waals surface area contributed by atoms with Gasteiger partial charge in [-0.25, -0.2) is 0 Å². The van der Waals surface area contributed by atoms with E-state index in [9.17, 15) is 0 Å². The van der Waals surface area contributed by atoms with E-state index in [2.05, 4.69) is 29.1 Å². The van der Waals surface area contributed by atoms with Crippen LogP contribution in [0.4, 0.5) is 0 Å². The quantitative estimate of drug-likeness (QED) is 0.371. The van der Waals surface area contributed by atoms with E-state index in [1.165, 1.54) is 0 Å². The lowest BCUT2D eigenvalue weighted by Gasteiger charge is -1.97. The van der Waals surface area contributed by atoms with Crippen molar-refractivity contribution in [3.63, 3.8) is 0 Å². The number of hydrogen-bond donors (Lipinski definition) is 3. The molecule has 0 aromatic carbocycles. The Morgan fingerprint density at radius 1 is 0.733 bits per heavy atom. The molecule has 0 atom stereocenters. The molecule has 0 spiro atoms. The summed E-state index contributed by atoms with van der Waals surface area (Å²) in [6.07, 6.45) is 11.6. The van der Waals surface area contributed by atoms with Crippen molar-refractivity contribution >= 4 is 0 Å². The van der Waals surface area contributed by atoms with Gasteiger partial charge in [0.05, 0.1) is 0 Å². The van der Waals surface area contributed by atoms with Crippen molar-refractivity contribution in [3.8, 4) is 0 Å². The molecule has 0 rings (SSSR count). The lowest BCUT2D eigenvalue weighted by Crippen LogP contribution is -2.15. The van der Waals surface area contributed by atoms with Gasteiger partial charge in [0.2, 0.25) is 0 Å². The van der Waals surface area contributed by atoms with Crippen LogP contribution in [0.3, 0.4) is 0 Å². The van der Waals surface area contributed by atoms with Gasteiger partial charge < -0.3 is 16.0 Å². The highest BCUT2D eigenvalue weighted by Gasteiger charge is 1.77. The third kappa shape index (κ3) is 12.5. The summed E-state index contributed by atoms with van der Waals surface area (Å²) < 4.78 is 0. The third-order valence-electron chi connectivity index (χ3n) is 1.52. The third-order valence-corrected chi connectivity index (χ3v) is 1.52. The van der Waals surface area contributed by atoms with Crippen molar-refractivity contribution in [2.45, 2.75) is 0 Å². The maximum atomic E-state index is 3.61. The molecule has 0 unspecified atom stereocenters. The monoisotopic (exact) mass is 207 g/mol. The van der Waals surface area contributed by atoms with Gasteiger partial charge in [-0.3, -0.25) is 0 Å². The molecule has 0 radical (unpaired) electrons. The zero-order chi connectivity index (χ0) is 11.2. The van der Waals surface area contributed by atoms with Gasteiger partial charge in [-0.2, -0.15) is 0 Å². The molecule has 0 aliphatic heterocycles. The second kappa shape index (κ2) is 12.5. The zero-order valence-corrected chi connectivity index (χ0v) is 9.21. The molecule has 84 valence electrons. The molecule has 0 saturated carbocycles. The summed E-state index contributed by atoms with van der Waals surface area (Å²) in [7, 11) is 0. The van der Waals surface area contributed by atoms with Gasteiger partial charge in [-0.05, 0) is 12.4 Å². The summed E-state index contributed by atoms with van der Waals surface area (Å²) in [6.45, 7) is 10.5. The maximum Gasteiger partial charge on any atom is 0.0322 e. The Morgan fingerprint density at radius 3 is 1.60 bits per heavy atom. The van der Waals surface area contributed by atoms with Crippen LogP contribution in [-0.2, 0) is 0 Å². The van der Waals surface area contributed by atoms with Crippen molar-refractivity contribution in [1.29, 1.82) is 0 Å². The van der Waals surface area contributed by atoms with E-state index in [4.69, 9.17) is 0 Å². The fraction of sp³-hybridized carbons (Fsp3) is 0.333. The Labute approximate surface area is 92.6 Å². The molecule has 3 heteroatoms. The predicted octanol–water partition coefficient (Wildman–Crippen LogP) is 1.15. The molecule has 0 heterocycles. The molecular weight excluding hydrogens is 186 g/mol. The SMILES string of the molecule is C=CCNC=CCNCC=CNCC=C. The molecule has 0 aliphatic rings. The van der Waals surface area contributed by atoms with E-state index in [1.54, 1.807) is 0 Å². The van der Waals surface area contributed by atoms with Crippen LogP contribution >= 0.6 is 0 Å². The highest BCUT2D eigenvalue weighted by molar-refractivity contribution is 4.88. The van der Waals surface area contributed by atoms with Gasteiger partial charge in [0, 0.05) is 26.2 Å². The maximum absolute atomic E-state index is 3.61. The van der Waals surface area contributed by atoms with Gasteiger partial charge in [0.25, 0.3) is 0 Å². The molecular formula is C12H21N3. The smallest absolute Gasteiger partial charge is 0.0322 e. The van der Waals surface area contributed by atoms with Crippen molar-refractivity contribution in [2.24, 2.45) is 0 Å². The molecule has 0 saturated heterocycles. The highest BCUT2D eigenvalue weighted by Crippen LogP contribution is 1.70. The first-order chi connectivity index (χ1) is 7.41. The van der Waals surface area contributed by atoms with Crippen molar-refractivity contribution < 1.29 is 0 Å². The fourth-order valence-electron chi connectivity index (χ4n) is 0.837. The van der Waals surface area contributed by atoms with Crippen LogP contribution in [0.1, 0.15) is 0 Å². The number of hydrogen-bond acceptors (Lipinski definition) is 3. The molecule has 0 aromatic rings. The molecule has 3 nitrogen and oxygen atoms in total. The average molecular weight is 207 g/mol. The molecule has 0 aromatic heterocycles. The van der Waals surface area contributed by atoms with Crippen molar-refractivity contribution in [1.82, 2.24) is 16.0 Å². The first-order valence-electron chi connectivity index (χ1n) is 5.11. The van der Waals surface area contributed by atoms with E-state index >= 15 is 0 Å². The summed E-state index contributed by atoms with van der Waals surface area (Å²) in [6, 6.07) is 0. The molecule has 15 heavy (non-hydrogen) atoms. The predicted molar refractivity (Wildman–Crippen MR) is 67.5 cm³/mol. The Hall–Kier alpha value is -1.48. The Morgan fingerprint density at radius 2 is 1.20 bits per heavy atom. The summed E-state index contributed by atoms with van der Waals surface area (Å²) in [5, 5.41) is 9.38. The van der Waals surface area contributed by atoms with Crippen LogP contribution in [0.2, 0.25) is 0 Å². The minimum Gasteiger partial charge on any atom is -0.388 e. The molecule has 0 amide bonds. The summed E-state index contributed by atoms with van der Waals surface area (Å²) in [5.74, 6) is 0. The van der Waals surface area contributed by atoms with E-state index in [0.29, 0.717) is 0 Å².